The first-order chi connectivity index (χ1) is 19.8. The van der Waals surface area contributed by atoms with Gasteiger partial charge in [0.05, 0.1) is 30.1 Å². The van der Waals surface area contributed by atoms with E-state index in [1.807, 2.05) is 0 Å². The van der Waals surface area contributed by atoms with E-state index in [1.165, 1.54) is 23.5 Å². The number of amidine groups is 1. The van der Waals surface area contributed by atoms with Gasteiger partial charge in [0.2, 0.25) is 5.95 Å². The summed E-state index contributed by atoms with van der Waals surface area (Å²) in [5.41, 5.74) is 0.160. The Balaban J connectivity index is 1.53. The first-order valence-corrected chi connectivity index (χ1v) is 14.5. The Kier molecular flexibility index (Phi) is 8.16. The van der Waals surface area contributed by atoms with Crippen LogP contribution in [0.2, 0.25) is 0 Å². The molecule has 2 saturated heterocycles. The van der Waals surface area contributed by atoms with Crippen LogP contribution in [0.4, 0.5) is 13.2 Å². The van der Waals surface area contributed by atoms with Gasteiger partial charge in [0.25, 0.3) is 5.92 Å². The van der Waals surface area contributed by atoms with Crippen LogP contribution in [-0.2, 0) is 14.3 Å². The van der Waals surface area contributed by atoms with Crippen LogP contribution in [0.1, 0.15) is 43.1 Å². The second kappa shape index (κ2) is 11.4. The number of rotatable bonds is 9. The number of aliphatic carboxylic acids is 1. The van der Waals surface area contributed by atoms with E-state index >= 15 is 8.78 Å². The molecule has 0 aromatic carbocycles. The molecule has 3 aliphatic rings. The van der Waals surface area contributed by atoms with Crippen LogP contribution in [-0.4, -0.2) is 93.9 Å². The summed E-state index contributed by atoms with van der Waals surface area (Å²) in [4.78, 5) is 41.6. The van der Waals surface area contributed by atoms with Gasteiger partial charge in [-0.1, -0.05) is 6.07 Å². The van der Waals surface area contributed by atoms with Gasteiger partial charge in [-0.2, -0.15) is 4.39 Å². The molecule has 42 heavy (non-hydrogen) atoms. The van der Waals surface area contributed by atoms with Crippen molar-refractivity contribution in [2.75, 3.05) is 39.3 Å². The number of halogens is 3. The summed E-state index contributed by atoms with van der Waals surface area (Å²) in [6.07, 6.45) is 1.60. The van der Waals surface area contributed by atoms with Crippen LogP contribution in [0.15, 0.2) is 40.0 Å². The number of aliphatic imine (C=N–C) groups is 1. The van der Waals surface area contributed by atoms with E-state index in [1.54, 1.807) is 49.1 Å². The van der Waals surface area contributed by atoms with Crippen LogP contribution in [0.3, 0.4) is 0 Å². The van der Waals surface area contributed by atoms with Crippen LogP contribution >= 0.6 is 11.3 Å². The van der Waals surface area contributed by atoms with Crippen molar-refractivity contribution in [2.24, 2.45) is 16.3 Å². The summed E-state index contributed by atoms with van der Waals surface area (Å²) in [6.45, 7) is 6.39. The molecule has 5 heterocycles. The van der Waals surface area contributed by atoms with Crippen molar-refractivity contribution in [3.63, 3.8) is 0 Å². The lowest BCUT2D eigenvalue weighted by Gasteiger charge is -2.32. The van der Waals surface area contributed by atoms with Gasteiger partial charge in [0, 0.05) is 60.8 Å². The van der Waals surface area contributed by atoms with Crippen molar-refractivity contribution in [1.29, 1.82) is 0 Å². The Morgan fingerprint density at radius 2 is 2.05 bits per heavy atom. The van der Waals surface area contributed by atoms with Crippen molar-refractivity contribution in [1.82, 2.24) is 25.1 Å². The minimum absolute atomic E-state index is 0.0460. The van der Waals surface area contributed by atoms with Crippen molar-refractivity contribution in [3.05, 3.63) is 57.2 Å². The second-order valence-electron chi connectivity index (χ2n) is 11.5. The molecule has 10 nitrogen and oxygen atoms in total. The number of esters is 1. The molecule has 3 aliphatic heterocycles. The monoisotopic (exact) mass is 606 g/mol. The summed E-state index contributed by atoms with van der Waals surface area (Å²) < 4.78 is 50.1. The third-order valence-electron chi connectivity index (χ3n) is 7.99. The molecule has 0 spiro atoms. The number of carboxylic acid groups (broad SMARTS) is 1. The fourth-order valence-electron chi connectivity index (χ4n) is 5.96. The van der Waals surface area contributed by atoms with Crippen molar-refractivity contribution < 1.29 is 32.6 Å². The van der Waals surface area contributed by atoms with Crippen molar-refractivity contribution in [3.8, 4) is 0 Å². The number of aryl methyl sites for hydroxylation is 1. The number of nitrogens with one attached hydrogen (secondary N) is 1. The average Bonchev–Trinajstić information content (AvgIpc) is 3.62. The minimum Gasteiger partial charge on any atom is -0.481 e. The molecule has 0 saturated carbocycles. The fraction of sp³-hybridized carbons (Fsp3) is 0.536. The molecular weight excluding hydrogens is 573 g/mol. The number of aromatic nitrogens is 2. The molecule has 3 unspecified atom stereocenters. The number of alkyl halides is 2. The quantitative estimate of drug-likeness (QED) is 0.327. The number of thiazole rings is 1. The van der Waals surface area contributed by atoms with E-state index in [4.69, 9.17) is 9.73 Å². The maximum Gasteiger partial charge on any atom is 0.338 e. The Morgan fingerprint density at radius 3 is 2.69 bits per heavy atom. The Morgan fingerprint density at radius 1 is 1.29 bits per heavy atom. The smallest absolute Gasteiger partial charge is 0.338 e. The molecule has 2 fully saturated rings. The molecule has 0 amide bonds. The second-order valence-corrected chi connectivity index (χ2v) is 12.4. The minimum atomic E-state index is -3.02. The van der Waals surface area contributed by atoms with Crippen LogP contribution in [0.25, 0.3) is 0 Å². The van der Waals surface area contributed by atoms with E-state index in [2.05, 4.69) is 15.3 Å². The number of likely N-dealkylation sites (tertiary alicyclic amines) is 2. The zero-order valence-corrected chi connectivity index (χ0v) is 24.6. The van der Waals surface area contributed by atoms with Gasteiger partial charge in [-0.15, -0.1) is 11.3 Å². The van der Waals surface area contributed by atoms with E-state index in [9.17, 15) is 19.1 Å². The largest absolute Gasteiger partial charge is 0.481 e. The first kappa shape index (κ1) is 30.1. The molecule has 2 aromatic heterocycles. The lowest BCUT2D eigenvalue weighted by atomic mass is 9.93. The molecule has 2 aromatic rings. The zero-order chi connectivity index (χ0) is 30.4. The normalized spacial score (nSPS) is 24.4. The summed E-state index contributed by atoms with van der Waals surface area (Å²) in [5.74, 6) is -6.02. The molecule has 0 bridgehead atoms. The first-order valence-electron chi connectivity index (χ1n) is 13.7. The number of pyridine rings is 1. The van der Waals surface area contributed by atoms with Gasteiger partial charge in [-0.25, -0.2) is 23.5 Å². The Hall–Kier alpha value is -3.36. The van der Waals surface area contributed by atoms with Gasteiger partial charge in [0.1, 0.15) is 6.04 Å². The predicted molar refractivity (Wildman–Crippen MR) is 149 cm³/mol. The standard InChI is InChI=1S/C28H33F3N6O4S/c1-5-41-25(38)21-18(11-37-14-28(30,31)17-10-36(12-19(17)37)13-27(3,4)26(39)40)34-23(24-32-8-9-42-24)35-22(21)16-6-7-20(29)33-15(16)2/h6-9,17,19,22H,5,10-14H2,1-4H3,(H,34,35)(H,39,40). The Bertz CT molecular complexity index is 1430. The number of ether oxygens (including phenoxy) is 1. The highest BCUT2D eigenvalue weighted by Gasteiger charge is 2.58. The Labute approximate surface area is 245 Å². The highest BCUT2D eigenvalue weighted by molar-refractivity contribution is 7.11. The summed E-state index contributed by atoms with van der Waals surface area (Å²) in [6, 6.07) is 1.18. The van der Waals surface area contributed by atoms with Crippen molar-refractivity contribution >= 4 is 29.1 Å². The van der Waals surface area contributed by atoms with E-state index in [0.29, 0.717) is 27.8 Å². The SMILES string of the molecule is CCOC(=O)C1=C(CN2CC(F)(F)C3CN(CC(C)(C)C(=O)O)CC32)NC(c2nccs2)=NC1c1ccc(F)nc1C. The lowest BCUT2D eigenvalue weighted by Crippen LogP contribution is -2.44. The zero-order valence-electron chi connectivity index (χ0n) is 23.7. The van der Waals surface area contributed by atoms with E-state index < -0.39 is 53.8 Å². The molecule has 0 aliphatic carbocycles. The maximum absolute atomic E-state index is 15.4. The van der Waals surface area contributed by atoms with Gasteiger partial charge in [0.15, 0.2) is 10.8 Å². The average molecular weight is 607 g/mol. The number of hydrogen-bond donors (Lipinski definition) is 2. The van der Waals surface area contributed by atoms with Gasteiger partial charge in [-0.3, -0.25) is 14.7 Å². The van der Waals surface area contributed by atoms with E-state index in [-0.39, 0.29) is 38.4 Å². The third-order valence-corrected chi connectivity index (χ3v) is 8.77. The van der Waals surface area contributed by atoms with Gasteiger partial charge in [-0.05, 0) is 33.8 Å². The number of fused-ring (bicyclic) bond motifs is 1. The van der Waals surface area contributed by atoms with Crippen LogP contribution in [0.5, 0.6) is 0 Å². The molecule has 3 atom stereocenters. The third kappa shape index (κ3) is 5.79. The number of nitrogens with zero attached hydrogens (tertiary/aromatic N) is 5. The van der Waals surface area contributed by atoms with E-state index in [0.717, 1.165) is 0 Å². The number of carboxylic acids is 1. The number of hydrogen-bond acceptors (Lipinski definition) is 10. The summed E-state index contributed by atoms with van der Waals surface area (Å²) in [7, 11) is 0. The molecule has 14 heteroatoms. The molecule has 226 valence electrons. The predicted octanol–water partition coefficient (Wildman–Crippen LogP) is 3.26. The summed E-state index contributed by atoms with van der Waals surface area (Å²) in [5, 5.41) is 15.0. The van der Waals surface area contributed by atoms with Crippen LogP contribution < -0.4 is 5.32 Å². The highest BCUT2D eigenvalue weighted by Crippen LogP contribution is 2.44. The topological polar surface area (TPSA) is 120 Å². The summed E-state index contributed by atoms with van der Waals surface area (Å²) >= 11 is 1.31. The molecule has 0 radical (unpaired) electrons. The van der Waals surface area contributed by atoms with Crippen molar-refractivity contribution in [2.45, 2.75) is 45.7 Å². The van der Waals surface area contributed by atoms with Gasteiger partial charge >= 0.3 is 11.9 Å². The molecule has 5 rings (SSSR count). The van der Waals surface area contributed by atoms with Crippen LogP contribution in [0, 0.1) is 24.2 Å². The number of carbonyl (C=O) groups is 2. The molecular formula is C28H33F3N6O4S. The number of carbonyl (C=O) groups excluding carboxylic acids is 1. The van der Waals surface area contributed by atoms with Gasteiger partial charge < -0.3 is 20.1 Å². The maximum atomic E-state index is 15.4. The molecule has 2 N–H and O–H groups in total. The fourth-order valence-corrected chi connectivity index (χ4v) is 6.55. The lowest BCUT2D eigenvalue weighted by molar-refractivity contribution is -0.148. The highest BCUT2D eigenvalue weighted by atomic mass is 32.1.